The number of nitrogens with two attached hydrogens (primary N) is 1. The Kier molecular flexibility index (Phi) is 7.36. The molecule has 10 nitrogen and oxygen atoms in total. The number of nitrogens with zero attached hydrogens (tertiary/aromatic N) is 4. The summed E-state index contributed by atoms with van der Waals surface area (Å²) in [7, 11) is 2.09. The number of anilines is 2. The van der Waals surface area contributed by atoms with Crippen molar-refractivity contribution in [2.75, 3.05) is 50.0 Å². The van der Waals surface area contributed by atoms with Crippen LogP contribution in [0.3, 0.4) is 0 Å². The van der Waals surface area contributed by atoms with Crippen LogP contribution in [-0.2, 0) is 4.79 Å². The van der Waals surface area contributed by atoms with Gasteiger partial charge in [-0.15, -0.1) is 16.5 Å². The molecule has 0 aromatic carbocycles. The van der Waals surface area contributed by atoms with Crippen LogP contribution in [0.1, 0.15) is 6.92 Å². The van der Waals surface area contributed by atoms with E-state index in [9.17, 15) is 9.70 Å². The molecule has 0 saturated carbocycles. The van der Waals surface area contributed by atoms with E-state index in [0.29, 0.717) is 18.8 Å². The Morgan fingerprint density at radius 2 is 2.14 bits per heavy atom. The normalized spacial score (nSPS) is 27.9. The molecule has 1 amide bonds. The molecular formula is C18H29ClN8O2. The standard InChI is InChI=1S/C18H29ClN8O2/c1-11-10-26(2)5-6-27(11)14-3-4-21-9-13(14)24-18(28)15(16(20)25-29)17-22-7-12(19)8-23-17/h3-4,9,11-12,15-17,22-23H,5-8,10,20H2,1-2H3,(H,24,28). The van der Waals surface area contributed by atoms with Gasteiger partial charge in [0, 0.05) is 45.0 Å². The summed E-state index contributed by atoms with van der Waals surface area (Å²) in [4.78, 5) is 32.9. The maximum absolute atomic E-state index is 13.1. The number of hydrogen-bond acceptors (Lipinski definition) is 9. The Morgan fingerprint density at radius 1 is 1.41 bits per heavy atom. The highest BCUT2D eigenvalue weighted by molar-refractivity contribution is 6.21. The largest absolute Gasteiger partial charge is 0.364 e. The fourth-order valence-electron chi connectivity index (χ4n) is 3.92. The first-order valence-corrected chi connectivity index (χ1v) is 10.2. The van der Waals surface area contributed by atoms with Crippen LogP contribution in [-0.4, -0.2) is 79.3 Å². The monoisotopic (exact) mass is 424 g/mol. The van der Waals surface area contributed by atoms with Crippen molar-refractivity contribution in [1.82, 2.24) is 20.5 Å². The van der Waals surface area contributed by atoms with Crippen molar-refractivity contribution < 1.29 is 4.79 Å². The molecule has 0 radical (unpaired) electrons. The lowest BCUT2D eigenvalue weighted by Crippen LogP contribution is -2.62. The van der Waals surface area contributed by atoms with Gasteiger partial charge in [0.15, 0.2) is 6.17 Å². The molecule has 160 valence electrons. The summed E-state index contributed by atoms with van der Waals surface area (Å²) in [6.07, 6.45) is 1.62. The summed E-state index contributed by atoms with van der Waals surface area (Å²) < 4.78 is 0. The number of aromatic nitrogens is 1. The third-order valence-corrected chi connectivity index (χ3v) is 5.77. The Labute approximate surface area is 175 Å². The van der Waals surface area contributed by atoms with Crippen LogP contribution in [0.5, 0.6) is 0 Å². The maximum Gasteiger partial charge on any atom is 0.234 e. The molecule has 0 aliphatic carbocycles. The van der Waals surface area contributed by atoms with Crippen molar-refractivity contribution in [3.63, 3.8) is 0 Å². The SMILES string of the molecule is CC1CN(C)CCN1c1ccncc1NC(=O)C(C(N)N=O)C1NCC(Cl)CN1. The van der Waals surface area contributed by atoms with Crippen LogP contribution < -0.4 is 26.6 Å². The number of likely N-dealkylation sites (N-methyl/N-ethyl adjacent to an activating group) is 1. The minimum Gasteiger partial charge on any atom is -0.364 e. The Hall–Kier alpha value is -1.85. The average molecular weight is 425 g/mol. The first-order chi connectivity index (χ1) is 13.9. The third kappa shape index (κ3) is 5.20. The topological polar surface area (TPSA) is 128 Å². The van der Waals surface area contributed by atoms with Crippen LogP contribution in [0.25, 0.3) is 0 Å². The van der Waals surface area contributed by atoms with Gasteiger partial charge < -0.3 is 20.9 Å². The molecule has 3 unspecified atom stereocenters. The molecule has 3 atom stereocenters. The summed E-state index contributed by atoms with van der Waals surface area (Å²) >= 11 is 6.08. The van der Waals surface area contributed by atoms with Crippen molar-refractivity contribution in [3.05, 3.63) is 23.4 Å². The number of halogens is 1. The summed E-state index contributed by atoms with van der Waals surface area (Å²) in [5.41, 5.74) is 7.35. The zero-order valence-electron chi connectivity index (χ0n) is 16.7. The van der Waals surface area contributed by atoms with Gasteiger partial charge in [-0.3, -0.25) is 20.4 Å². The molecule has 1 aromatic rings. The smallest absolute Gasteiger partial charge is 0.234 e. The predicted octanol–water partition coefficient (Wildman–Crippen LogP) is -0.0459. The summed E-state index contributed by atoms with van der Waals surface area (Å²) in [6, 6.07) is 2.17. The van der Waals surface area contributed by atoms with E-state index in [0.717, 1.165) is 25.3 Å². The van der Waals surface area contributed by atoms with E-state index >= 15 is 0 Å². The minimum absolute atomic E-state index is 0.0981. The lowest BCUT2D eigenvalue weighted by atomic mass is 9.99. The lowest BCUT2D eigenvalue weighted by molar-refractivity contribution is -0.121. The first-order valence-electron chi connectivity index (χ1n) is 9.79. The molecule has 2 saturated heterocycles. The van der Waals surface area contributed by atoms with Gasteiger partial charge in [-0.05, 0) is 20.0 Å². The highest BCUT2D eigenvalue weighted by atomic mass is 35.5. The zero-order chi connectivity index (χ0) is 21.0. The molecule has 11 heteroatoms. The van der Waals surface area contributed by atoms with Gasteiger partial charge in [0.25, 0.3) is 0 Å². The van der Waals surface area contributed by atoms with E-state index in [1.54, 1.807) is 12.4 Å². The second kappa shape index (κ2) is 9.77. The molecule has 2 aliphatic rings. The number of pyridine rings is 1. The highest BCUT2D eigenvalue weighted by Crippen LogP contribution is 2.29. The van der Waals surface area contributed by atoms with E-state index in [4.69, 9.17) is 17.3 Å². The van der Waals surface area contributed by atoms with Gasteiger partial charge in [-0.1, -0.05) is 5.18 Å². The van der Waals surface area contributed by atoms with Crippen LogP contribution in [0.15, 0.2) is 23.6 Å². The maximum atomic E-state index is 13.1. The van der Waals surface area contributed by atoms with Gasteiger partial charge in [-0.2, -0.15) is 0 Å². The summed E-state index contributed by atoms with van der Waals surface area (Å²) in [5.74, 6) is -1.29. The molecule has 3 rings (SSSR count). The quantitative estimate of drug-likeness (QED) is 0.370. The minimum atomic E-state index is -1.20. The van der Waals surface area contributed by atoms with Crippen LogP contribution in [0.2, 0.25) is 0 Å². The first kappa shape index (κ1) is 21.8. The number of carbonyl (C=O) groups excluding carboxylic acids is 1. The molecule has 5 N–H and O–H groups in total. The number of nitroso groups, excluding NO2 is 1. The number of amides is 1. The van der Waals surface area contributed by atoms with E-state index in [2.05, 4.69) is 49.9 Å². The number of carbonyl (C=O) groups is 1. The molecule has 1 aromatic heterocycles. The van der Waals surface area contributed by atoms with Crippen molar-refractivity contribution in [2.45, 2.75) is 30.7 Å². The second-order valence-corrected chi connectivity index (χ2v) is 8.32. The molecule has 29 heavy (non-hydrogen) atoms. The van der Waals surface area contributed by atoms with Crippen molar-refractivity contribution in [3.8, 4) is 0 Å². The van der Waals surface area contributed by atoms with Gasteiger partial charge in [0.05, 0.1) is 29.1 Å². The average Bonchev–Trinajstić information content (AvgIpc) is 2.70. The van der Waals surface area contributed by atoms with Gasteiger partial charge in [-0.25, -0.2) is 0 Å². The number of alkyl halides is 1. The third-order valence-electron chi connectivity index (χ3n) is 5.47. The van der Waals surface area contributed by atoms with Gasteiger partial charge in [0.2, 0.25) is 5.91 Å². The zero-order valence-corrected chi connectivity index (χ0v) is 17.5. The molecule has 2 aliphatic heterocycles. The fourth-order valence-corrected chi connectivity index (χ4v) is 4.10. The number of hydrogen-bond donors (Lipinski definition) is 4. The fraction of sp³-hybridized carbons (Fsp3) is 0.667. The van der Waals surface area contributed by atoms with E-state index < -0.39 is 24.2 Å². The lowest BCUT2D eigenvalue weighted by Gasteiger charge is -2.40. The summed E-state index contributed by atoms with van der Waals surface area (Å²) in [6.45, 7) is 5.85. The molecule has 3 heterocycles. The van der Waals surface area contributed by atoms with Crippen molar-refractivity contribution in [2.24, 2.45) is 16.8 Å². The molecule has 2 fully saturated rings. The van der Waals surface area contributed by atoms with Gasteiger partial charge in [0.1, 0.15) is 5.92 Å². The number of rotatable bonds is 6. The van der Waals surface area contributed by atoms with E-state index in [1.165, 1.54) is 0 Å². The van der Waals surface area contributed by atoms with Crippen LogP contribution in [0, 0.1) is 10.8 Å². The highest BCUT2D eigenvalue weighted by Gasteiger charge is 2.37. The van der Waals surface area contributed by atoms with Crippen LogP contribution in [0.4, 0.5) is 11.4 Å². The predicted molar refractivity (Wildman–Crippen MR) is 114 cm³/mol. The van der Waals surface area contributed by atoms with Crippen LogP contribution >= 0.6 is 11.6 Å². The van der Waals surface area contributed by atoms with Gasteiger partial charge >= 0.3 is 0 Å². The second-order valence-electron chi connectivity index (χ2n) is 7.70. The van der Waals surface area contributed by atoms with Crippen molar-refractivity contribution in [1.29, 1.82) is 0 Å². The molecule has 0 spiro atoms. The Morgan fingerprint density at radius 3 is 2.79 bits per heavy atom. The van der Waals surface area contributed by atoms with E-state index in [-0.39, 0.29) is 11.4 Å². The summed E-state index contributed by atoms with van der Waals surface area (Å²) in [5, 5.41) is 12.0. The number of piperazine rings is 1. The van der Waals surface area contributed by atoms with Crippen molar-refractivity contribution >= 4 is 28.9 Å². The Balaban J connectivity index is 1.79. The molecular weight excluding hydrogens is 396 g/mol. The Bertz CT molecular complexity index is 715. The van der Waals surface area contributed by atoms with E-state index in [1.807, 2.05) is 6.07 Å². The molecule has 0 bridgehead atoms. The number of nitrogens with one attached hydrogen (secondary N) is 3.